The van der Waals surface area contributed by atoms with E-state index in [0.29, 0.717) is 18.9 Å². The lowest BCUT2D eigenvalue weighted by atomic mass is 10.2. The summed E-state index contributed by atoms with van der Waals surface area (Å²) < 4.78 is 12.4. The van der Waals surface area contributed by atoms with Crippen molar-refractivity contribution in [3.8, 4) is 5.75 Å². The molecule has 1 aliphatic heterocycles. The summed E-state index contributed by atoms with van der Waals surface area (Å²) in [6.07, 6.45) is 0.00900. The zero-order valence-electron chi connectivity index (χ0n) is 14.6. The lowest BCUT2D eigenvalue weighted by Gasteiger charge is -2.33. The standard InChI is InChI=1S/C20H23IN2O3/c21-17-6-8-18(9-7-17)26-15-20(24)22-12-19-14-23(10-11-25-19)13-16-4-2-1-3-5-16/h1-9,19H,10-15H2,(H,22,24). The molecule has 0 bridgehead atoms. The van der Waals surface area contributed by atoms with Crippen LogP contribution in [0, 0.1) is 3.57 Å². The fourth-order valence-corrected chi connectivity index (χ4v) is 3.21. The monoisotopic (exact) mass is 466 g/mol. The first-order valence-electron chi connectivity index (χ1n) is 8.72. The molecule has 3 rings (SSSR count). The van der Waals surface area contributed by atoms with Gasteiger partial charge in [0.15, 0.2) is 6.61 Å². The predicted octanol–water partition coefficient (Wildman–Crippen LogP) is 2.69. The van der Waals surface area contributed by atoms with Crippen LogP contribution in [0.5, 0.6) is 5.75 Å². The van der Waals surface area contributed by atoms with Crippen molar-refractivity contribution in [2.75, 3.05) is 32.8 Å². The number of carbonyl (C=O) groups is 1. The van der Waals surface area contributed by atoms with Gasteiger partial charge in [0.2, 0.25) is 0 Å². The first-order valence-corrected chi connectivity index (χ1v) is 9.80. The van der Waals surface area contributed by atoms with Gasteiger partial charge in [0.05, 0.1) is 12.7 Å². The molecular weight excluding hydrogens is 443 g/mol. The van der Waals surface area contributed by atoms with Crippen LogP contribution in [0.25, 0.3) is 0 Å². The van der Waals surface area contributed by atoms with E-state index in [9.17, 15) is 4.79 Å². The fraction of sp³-hybridized carbons (Fsp3) is 0.350. The number of benzene rings is 2. The van der Waals surface area contributed by atoms with Gasteiger partial charge in [-0.1, -0.05) is 30.3 Å². The van der Waals surface area contributed by atoms with Crippen LogP contribution in [-0.4, -0.2) is 49.8 Å². The van der Waals surface area contributed by atoms with E-state index in [-0.39, 0.29) is 18.6 Å². The zero-order chi connectivity index (χ0) is 18.2. The lowest BCUT2D eigenvalue weighted by molar-refractivity contribution is -0.124. The summed E-state index contributed by atoms with van der Waals surface area (Å²) in [7, 11) is 0. The number of rotatable bonds is 7. The summed E-state index contributed by atoms with van der Waals surface area (Å²) in [4.78, 5) is 14.4. The van der Waals surface area contributed by atoms with Gasteiger partial charge in [-0.25, -0.2) is 0 Å². The van der Waals surface area contributed by atoms with E-state index < -0.39 is 0 Å². The van der Waals surface area contributed by atoms with E-state index in [4.69, 9.17) is 9.47 Å². The normalized spacial score (nSPS) is 17.7. The van der Waals surface area contributed by atoms with Gasteiger partial charge in [0, 0.05) is 29.7 Å². The minimum absolute atomic E-state index is 0.00900. The molecule has 1 saturated heterocycles. The van der Waals surface area contributed by atoms with Crippen molar-refractivity contribution >= 4 is 28.5 Å². The highest BCUT2D eigenvalue weighted by Crippen LogP contribution is 2.13. The minimum Gasteiger partial charge on any atom is -0.484 e. The van der Waals surface area contributed by atoms with Crippen molar-refractivity contribution in [1.29, 1.82) is 0 Å². The molecule has 1 unspecified atom stereocenters. The third-order valence-corrected chi connectivity index (χ3v) is 4.90. The van der Waals surface area contributed by atoms with E-state index in [1.807, 2.05) is 30.3 Å². The van der Waals surface area contributed by atoms with Crippen LogP contribution < -0.4 is 10.1 Å². The molecule has 2 aromatic carbocycles. The van der Waals surface area contributed by atoms with Crippen LogP contribution in [0.3, 0.4) is 0 Å². The van der Waals surface area contributed by atoms with Gasteiger partial charge in [-0.3, -0.25) is 9.69 Å². The number of amides is 1. The number of morpholine rings is 1. The van der Waals surface area contributed by atoms with Crippen LogP contribution >= 0.6 is 22.6 Å². The van der Waals surface area contributed by atoms with Gasteiger partial charge in [-0.2, -0.15) is 0 Å². The zero-order valence-corrected chi connectivity index (χ0v) is 16.7. The van der Waals surface area contributed by atoms with Crippen molar-refractivity contribution < 1.29 is 14.3 Å². The first-order chi connectivity index (χ1) is 12.7. The smallest absolute Gasteiger partial charge is 0.258 e. The van der Waals surface area contributed by atoms with E-state index in [2.05, 4.69) is 57.1 Å². The molecule has 138 valence electrons. The third kappa shape index (κ3) is 6.26. The molecule has 0 aliphatic carbocycles. The SMILES string of the molecule is O=C(COc1ccc(I)cc1)NCC1CN(Cc2ccccc2)CCO1. The molecule has 0 radical (unpaired) electrons. The Balaban J connectivity index is 1.38. The summed E-state index contributed by atoms with van der Waals surface area (Å²) in [5, 5.41) is 2.90. The summed E-state index contributed by atoms with van der Waals surface area (Å²) in [6, 6.07) is 18.0. The quantitative estimate of drug-likeness (QED) is 0.638. The topological polar surface area (TPSA) is 50.8 Å². The summed E-state index contributed by atoms with van der Waals surface area (Å²) >= 11 is 2.23. The second-order valence-corrected chi connectivity index (χ2v) is 7.51. The second-order valence-electron chi connectivity index (χ2n) is 6.26. The molecule has 1 N–H and O–H groups in total. The number of halogens is 1. The van der Waals surface area contributed by atoms with Crippen molar-refractivity contribution in [1.82, 2.24) is 10.2 Å². The molecule has 2 aromatic rings. The fourth-order valence-electron chi connectivity index (χ4n) is 2.85. The van der Waals surface area contributed by atoms with Crippen molar-refractivity contribution in [2.24, 2.45) is 0 Å². The molecule has 1 aliphatic rings. The molecule has 0 spiro atoms. The van der Waals surface area contributed by atoms with Crippen LogP contribution in [0.4, 0.5) is 0 Å². The van der Waals surface area contributed by atoms with Gasteiger partial charge in [0.25, 0.3) is 5.91 Å². The highest BCUT2D eigenvalue weighted by atomic mass is 127. The molecule has 1 heterocycles. The van der Waals surface area contributed by atoms with E-state index >= 15 is 0 Å². The Labute approximate surface area is 167 Å². The van der Waals surface area contributed by atoms with Crippen LogP contribution in [-0.2, 0) is 16.1 Å². The van der Waals surface area contributed by atoms with Gasteiger partial charge in [-0.15, -0.1) is 0 Å². The van der Waals surface area contributed by atoms with Crippen molar-refractivity contribution in [3.63, 3.8) is 0 Å². The van der Waals surface area contributed by atoms with Crippen molar-refractivity contribution in [2.45, 2.75) is 12.6 Å². The maximum absolute atomic E-state index is 12.0. The van der Waals surface area contributed by atoms with E-state index in [0.717, 1.165) is 23.2 Å². The maximum Gasteiger partial charge on any atom is 0.258 e. The van der Waals surface area contributed by atoms with Gasteiger partial charge in [0.1, 0.15) is 5.75 Å². The molecule has 1 atom stereocenters. The molecule has 0 saturated carbocycles. The van der Waals surface area contributed by atoms with Crippen LogP contribution in [0.15, 0.2) is 54.6 Å². The Morgan fingerprint density at radius 3 is 2.73 bits per heavy atom. The second kappa shape index (κ2) is 9.89. The molecule has 1 fully saturated rings. The molecular formula is C20H23IN2O3. The number of hydrogen-bond acceptors (Lipinski definition) is 4. The van der Waals surface area contributed by atoms with Crippen LogP contribution in [0.2, 0.25) is 0 Å². The predicted molar refractivity (Wildman–Crippen MR) is 109 cm³/mol. The number of ether oxygens (including phenoxy) is 2. The Bertz CT molecular complexity index is 694. The number of hydrogen-bond donors (Lipinski definition) is 1. The van der Waals surface area contributed by atoms with Crippen molar-refractivity contribution in [3.05, 3.63) is 63.7 Å². The van der Waals surface area contributed by atoms with Crippen LogP contribution in [0.1, 0.15) is 5.56 Å². The lowest BCUT2D eigenvalue weighted by Crippen LogP contribution is -2.47. The summed E-state index contributed by atoms with van der Waals surface area (Å²) in [5.74, 6) is 0.566. The molecule has 26 heavy (non-hydrogen) atoms. The Morgan fingerprint density at radius 1 is 1.19 bits per heavy atom. The third-order valence-electron chi connectivity index (χ3n) is 4.18. The largest absolute Gasteiger partial charge is 0.484 e. The van der Waals surface area contributed by atoms with Gasteiger partial charge < -0.3 is 14.8 Å². The van der Waals surface area contributed by atoms with Gasteiger partial charge >= 0.3 is 0 Å². The maximum atomic E-state index is 12.0. The first kappa shape index (κ1) is 19.1. The molecule has 1 amide bonds. The number of nitrogens with one attached hydrogen (secondary N) is 1. The number of carbonyl (C=O) groups excluding carboxylic acids is 1. The molecule has 6 heteroatoms. The average Bonchev–Trinajstić information content (AvgIpc) is 2.67. The molecule has 5 nitrogen and oxygen atoms in total. The highest BCUT2D eigenvalue weighted by molar-refractivity contribution is 14.1. The van der Waals surface area contributed by atoms with E-state index in [1.165, 1.54) is 5.56 Å². The van der Waals surface area contributed by atoms with Gasteiger partial charge in [-0.05, 0) is 52.4 Å². The Kier molecular flexibility index (Phi) is 7.28. The number of nitrogens with zero attached hydrogens (tertiary/aromatic N) is 1. The molecule has 0 aromatic heterocycles. The van der Waals surface area contributed by atoms with E-state index in [1.54, 1.807) is 0 Å². The summed E-state index contributed by atoms with van der Waals surface area (Å²) in [5.41, 5.74) is 1.29. The highest BCUT2D eigenvalue weighted by Gasteiger charge is 2.21. The Morgan fingerprint density at radius 2 is 1.96 bits per heavy atom. The Hall–Kier alpha value is -1.64. The average molecular weight is 466 g/mol. The minimum atomic E-state index is -0.132. The summed E-state index contributed by atoms with van der Waals surface area (Å²) in [6.45, 7) is 3.83.